The van der Waals surface area contributed by atoms with Gasteiger partial charge >= 0.3 is 5.69 Å². The van der Waals surface area contributed by atoms with Gasteiger partial charge in [-0.15, -0.1) is 10.2 Å². The largest absolute Gasteiger partial charge is 0.329 e. The molecule has 5 rings (SSSR count). The second-order valence-electron chi connectivity index (χ2n) is 10.4. The van der Waals surface area contributed by atoms with Crippen LogP contribution in [-0.2, 0) is 19.5 Å². The van der Waals surface area contributed by atoms with Crippen LogP contribution in [0.4, 0.5) is 0 Å². The lowest BCUT2D eigenvalue weighted by Gasteiger charge is -2.21. The number of nitrogens with zero attached hydrogens (tertiary/aromatic N) is 6. The van der Waals surface area contributed by atoms with Crippen molar-refractivity contribution in [2.75, 3.05) is 0 Å². The van der Waals surface area contributed by atoms with E-state index >= 15 is 0 Å². The molecule has 9 heteroatoms. The van der Waals surface area contributed by atoms with Gasteiger partial charge in [0.05, 0.1) is 12.2 Å². The van der Waals surface area contributed by atoms with E-state index in [9.17, 15) is 4.79 Å². The summed E-state index contributed by atoms with van der Waals surface area (Å²) in [4.78, 5) is 17.8. The van der Waals surface area contributed by atoms with Crippen LogP contribution in [0.25, 0.3) is 22.5 Å². The number of hydrogen-bond donors (Lipinski definition) is 1. The van der Waals surface area contributed by atoms with Gasteiger partial charge in [-0.3, -0.25) is 14.1 Å². The SMILES string of the molecule is CCCCCc1c(Cl)n(CCC2CCCCC2)c(=O)n1Cc1ccc(-c2ccncc2-c2nn[nH]n2)cc1. The fraction of sp³-hybridized carbons (Fsp3) is 0.483. The molecule has 1 N–H and O–H groups in total. The zero-order chi connectivity index (χ0) is 26.3. The number of rotatable bonds is 11. The highest BCUT2D eigenvalue weighted by Crippen LogP contribution is 2.30. The molecule has 1 fully saturated rings. The van der Waals surface area contributed by atoms with Gasteiger partial charge in [0.25, 0.3) is 0 Å². The number of tetrazole rings is 1. The fourth-order valence-electron chi connectivity index (χ4n) is 5.61. The van der Waals surface area contributed by atoms with E-state index in [0.29, 0.717) is 30.0 Å². The topological polar surface area (TPSA) is 94.3 Å². The van der Waals surface area contributed by atoms with E-state index in [1.54, 1.807) is 12.4 Å². The van der Waals surface area contributed by atoms with Gasteiger partial charge in [-0.05, 0) is 53.2 Å². The number of aromatic nitrogens is 7. The first-order chi connectivity index (χ1) is 18.7. The fourth-order valence-corrected chi connectivity index (χ4v) is 5.96. The van der Waals surface area contributed by atoms with Crippen molar-refractivity contribution in [2.45, 2.75) is 84.2 Å². The molecule has 0 saturated heterocycles. The number of imidazole rings is 1. The molecule has 1 saturated carbocycles. The van der Waals surface area contributed by atoms with Gasteiger partial charge in [-0.1, -0.05) is 87.7 Å². The van der Waals surface area contributed by atoms with Crippen LogP contribution >= 0.6 is 11.6 Å². The second kappa shape index (κ2) is 12.5. The van der Waals surface area contributed by atoms with Crippen LogP contribution in [-0.4, -0.2) is 34.7 Å². The normalized spacial score (nSPS) is 14.3. The van der Waals surface area contributed by atoms with Gasteiger partial charge in [0.15, 0.2) is 0 Å². The molecule has 0 atom stereocenters. The van der Waals surface area contributed by atoms with Gasteiger partial charge in [0.1, 0.15) is 5.15 Å². The minimum atomic E-state index is 0.00918. The van der Waals surface area contributed by atoms with Crippen LogP contribution in [0.5, 0.6) is 0 Å². The number of aromatic amines is 1. The number of H-pyrrole nitrogens is 1. The lowest BCUT2D eigenvalue weighted by Crippen LogP contribution is -2.26. The van der Waals surface area contributed by atoms with Gasteiger partial charge in [-0.25, -0.2) is 4.79 Å². The van der Waals surface area contributed by atoms with E-state index in [2.05, 4.69) is 56.8 Å². The monoisotopic (exact) mass is 533 g/mol. The van der Waals surface area contributed by atoms with Crippen molar-refractivity contribution in [1.29, 1.82) is 0 Å². The number of unbranched alkanes of at least 4 members (excludes halogenated alkanes) is 2. The van der Waals surface area contributed by atoms with E-state index in [0.717, 1.165) is 60.1 Å². The Morgan fingerprint density at radius 2 is 1.84 bits per heavy atom. The number of pyridine rings is 1. The molecule has 1 aliphatic rings. The Kier molecular flexibility index (Phi) is 8.68. The third-order valence-corrected chi connectivity index (χ3v) is 8.20. The molecule has 3 aromatic heterocycles. The van der Waals surface area contributed by atoms with Crippen LogP contribution in [0.15, 0.2) is 47.5 Å². The zero-order valence-corrected chi connectivity index (χ0v) is 22.8. The van der Waals surface area contributed by atoms with Crippen LogP contribution in [0, 0.1) is 5.92 Å². The first-order valence-corrected chi connectivity index (χ1v) is 14.3. The van der Waals surface area contributed by atoms with Crippen molar-refractivity contribution >= 4 is 11.6 Å². The van der Waals surface area contributed by atoms with Crippen molar-refractivity contribution in [3.63, 3.8) is 0 Å². The molecule has 0 spiro atoms. The molecule has 4 aromatic rings. The Hall–Kier alpha value is -3.26. The van der Waals surface area contributed by atoms with E-state index in [4.69, 9.17) is 11.6 Å². The van der Waals surface area contributed by atoms with E-state index in [1.807, 2.05) is 15.2 Å². The summed E-state index contributed by atoms with van der Waals surface area (Å²) >= 11 is 6.89. The molecule has 3 heterocycles. The summed E-state index contributed by atoms with van der Waals surface area (Å²) in [6.07, 6.45) is 15.1. The number of halogens is 1. The molecular weight excluding hydrogens is 498 g/mol. The van der Waals surface area contributed by atoms with Gasteiger partial charge in [0, 0.05) is 24.5 Å². The lowest BCUT2D eigenvalue weighted by molar-refractivity contribution is 0.322. The second-order valence-corrected chi connectivity index (χ2v) is 10.7. The third kappa shape index (κ3) is 5.90. The lowest BCUT2D eigenvalue weighted by atomic mass is 9.87. The molecule has 0 aliphatic heterocycles. The van der Waals surface area contributed by atoms with E-state index < -0.39 is 0 Å². The van der Waals surface area contributed by atoms with Crippen molar-refractivity contribution < 1.29 is 0 Å². The summed E-state index contributed by atoms with van der Waals surface area (Å²) in [7, 11) is 0. The maximum Gasteiger partial charge on any atom is 0.329 e. The van der Waals surface area contributed by atoms with Crippen molar-refractivity contribution in [3.8, 4) is 22.5 Å². The highest BCUT2D eigenvalue weighted by molar-refractivity contribution is 6.30. The first-order valence-electron chi connectivity index (χ1n) is 13.9. The highest BCUT2D eigenvalue weighted by atomic mass is 35.5. The van der Waals surface area contributed by atoms with Crippen LogP contribution < -0.4 is 5.69 Å². The minimum absolute atomic E-state index is 0.00918. The number of hydrogen-bond acceptors (Lipinski definition) is 5. The average Bonchev–Trinajstić information content (AvgIpc) is 3.57. The minimum Gasteiger partial charge on any atom is -0.290 e. The molecule has 0 amide bonds. The molecule has 38 heavy (non-hydrogen) atoms. The number of nitrogens with one attached hydrogen (secondary N) is 1. The third-order valence-electron chi connectivity index (χ3n) is 7.78. The first kappa shape index (κ1) is 26.4. The quantitative estimate of drug-likeness (QED) is 0.228. The Morgan fingerprint density at radius 3 is 2.58 bits per heavy atom. The summed E-state index contributed by atoms with van der Waals surface area (Å²) in [5.74, 6) is 1.21. The predicted molar refractivity (Wildman–Crippen MR) is 150 cm³/mol. The van der Waals surface area contributed by atoms with E-state index in [-0.39, 0.29) is 5.69 Å². The van der Waals surface area contributed by atoms with Crippen LogP contribution in [0.1, 0.15) is 76.0 Å². The summed E-state index contributed by atoms with van der Waals surface area (Å²) in [6.45, 7) is 3.40. The Labute approximate surface area is 228 Å². The Morgan fingerprint density at radius 1 is 1.03 bits per heavy atom. The van der Waals surface area contributed by atoms with Crippen LogP contribution in [0.3, 0.4) is 0 Å². The molecule has 0 unspecified atom stereocenters. The molecule has 8 nitrogen and oxygen atoms in total. The van der Waals surface area contributed by atoms with Crippen molar-refractivity contribution in [1.82, 2.24) is 34.7 Å². The highest BCUT2D eigenvalue weighted by Gasteiger charge is 2.21. The summed E-state index contributed by atoms with van der Waals surface area (Å²) in [5.41, 5.74) is 4.84. The molecular formula is C29H36ClN7O. The molecule has 200 valence electrons. The molecule has 1 aromatic carbocycles. The van der Waals surface area contributed by atoms with Crippen LogP contribution in [0.2, 0.25) is 5.15 Å². The Bertz CT molecular complexity index is 1370. The molecule has 0 bridgehead atoms. The Balaban J connectivity index is 1.39. The van der Waals surface area contributed by atoms with E-state index in [1.165, 1.54) is 32.1 Å². The molecule has 0 radical (unpaired) electrons. The van der Waals surface area contributed by atoms with Gasteiger partial charge < -0.3 is 0 Å². The molecule has 1 aliphatic carbocycles. The predicted octanol–water partition coefficient (Wildman–Crippen LogP) is 6.30. The zero-order valence-electron chi connectivity index (χ0n) is 22.1. The maximum atomic E-state index is 13.6. The summed E-state index contributed by atoms with van der Waals surface area (Å²) in [6, 6.07) is 10.2. The standard InChI is InChI=1S/C29H36ClN7O/c1-2-3-5-10-26-27(30)36(18-16-21-8-6-4-7-9-21)29(38)37(26)20-22-11-13-23(14-12-22)24-15-17-31-19-25(24)28-32-34-35-33-28/h11-15,17,19,21H,2-10,16,18,20H2,1H3,(H,32,33,34,35). The maximum absolute atomic E-state index is 13.6. The van der Waals surface area contributed by atoms with Gasteiger partial charge in [-0.2, -0.15) is 5.21 Å². The average molecular weight is 534 g/mol. The van der Waals surface area contributed by atoms with Gasteiger partial charge in [0.2, 0.25) is 5.82 Å². The van der Waals surface area contributed by atoms with Crippen molar-refractivity contribution in [3.05, 3.63) is 69.6 Å². The smallest absolute Gasteiger partial charge is 0.290 e. The summed E-state index contributed by atoms with van der Waals surface area (Å²) in [5, 5.41) is 15.0. The summed E-state index contributed by atoms with van der Waals surface area (Å²) < 4.78 is 3.71. The van der Waals surface area contributed by atoms with Crippen molar-refractivity contribution in [2.24, 2.45) is 5.92 Å². The number of benzene rings is 1.